The van der Waals surface area contributed by atoms with Gasteiger partial charge in [0.25, 0.3) is 0 Å². The summed E-state index contributed by atoms with van der Waals surface area (Å²) in [4.78, 5) is 5.58. The third-order valence-corrected chi connectivity index (χ3v) is 4.75. The Morgan fingerprint density at radius 1 is 1.40 bits per heavy atom. The van der Waals surface area contributed by atoms with Crippen LogP contribution in [-0.2, 0) is 13.2 Å². The summed E-state index contributed by atoms with van der Waals surface area (Å²) in [6.07, 6.45) is 0. The molecule has 20 heavy (non-hydrogen) atoms. The third kappa shape index (κ3) is 3.00. The van der Waals surface area contributed by atoms with Crippen LogP contribution in [0.2, 0.25) is 0 Å². The van der Waals surface area contributed by atoms with Crippen LogP contribution in [0.15, 0.2) is 23.7 Å². The molecule has 0 unspecified atom stereocenters. The lowest BCUT2D eigenvalue weighted by Crippen LogP contribution is -2.16. The highest BCUT2D eigenvalue weighted by atomic mass is 32.2. The van der Waals surface area contributed by atoms with Gasteiger partial charge in [-0.15, -0.1) is 11.3 Å². The molecule has 0 atom stereocenters. The van der Waals surface area contributed by atoms with E-state index in [0.29, 0.717) is 6.61 Å². The van der Waals surface area contributed by atoms with Crippen LogP contribution in [0.25, 0.3) is 10.4 Å². The first-order valence-electron chi connectivity index (χ1n) is 6.62. The molecule has 1 aromatic heterocycles. The van der Waals surface area contributed by atoms with Crippen molar-refractivity contribution in [2.24, 2.45) is 0 Å². The largest absolute Gasteiger partial charge is 0.487 e. The van der Waals surface area contributed by atoms with Crippen molar-refractivity contribution in [3.63, 3.8) is 0 Å². The summed E-state index contributed by atoms with van der Waals surface area (Å²) < 4.78 is 9.44. The minimum atomic E-state index is 0.224. The fourth-order valence-corrected chi connectivity index (χ4v) is 3.56. The van der Waals surface area contributed by atoms with Crippen molar-refractivity contribution in [1.82, 2.24) is 9.71 Å². The molecule has 1 aliphatic heterocycles. The van der Waals surface area contributed by atoms with Gasteiger partial charge >= 0.3 is 0 Å². The minimum absolute atomic E-state index is 0.224. The van der Waals surface area contributed by atoms with Crippen molar-refractivity contribution in [2.75, 3.05) is 0 Å². The van der Waals surface area contributed by atoms with E-state index in [1.807, 2.05) is 5.51 Å². The smallest absolute Gasteiger partial charge is 0.132 e. The van der Waals surface area contributed by atoms with Crippen molar-refractivity contribution in [3.8, 4) is 16.2 Å². The summed E-state index contributed by atoms with van der Waals surface area (Å²) in [5, 5.41) is 0. The zero-order valence-corrected chi connectivity index (χ0v) is 13.5. The van der Waals surface area contributed by atoms with Crippen LogP contribution in [0, 0.1) is 0 Å². The number of aromatic nitrogens is 1. The number of benzene rings is 1. The zero-order chi connectivity index (χ0) is 14.2. The lowest BCUT2D eigenvalue weighted by molar-refractivity contribution is 0.298. The molecule has 106 valence electrons. The van der Waals surface area contributed by atoms with Gasteiger partial charge in [0.05, 0.1) is 16.1 Å². The van der Waals surface area contributed by atoms with Crippen molar-refractivity contribution in [1.29, 1.82) is 0 Å². The van der Waals surface area contributed by atoms with Gasteiger partial charge in [0, 0.05) is 16.9 Å². The molecule has 0 amide bonds. The van der Waals surface area contributed by atoms with E-state index in [-0.39, 0.29) is 4.75 Å². The Bertz CT molecular complexity index is 617. The fourth-order valence-electron chi connectivity index (χ4n) is 2.06. The van der Waals surface area contributed by atoms with E-state index >= 15 is 0 Å². The Kier molecular flexibility index (Phi) is 3.75. The second-order valence-corrected chi connectivity index (χ2v) is 8.36. The highest BCUT2D eigenvalue weighted by Gasteiger charge is 2.20. The van der Waals surface area contributed by atoms with Crippen LogP contribution < -0.4 is 9.46 Å². The SMILES string of the molecule is CC(C)(C)SNCc1ccc2c(c1)OCc1ncsc1-2. The number of hydrogen-bond acceptors (Lipinski definition) is 5. The lowest BCUT2D eigenvalue weighted by atomic mass is 10.1. The Labute approximate surface area is 127 Å². The first-order chi connectivity index (χ1) is 9.53. The molecule has 0 saturated heterocycles. The van der Waals surface area contributed by atoms with E-state index in [0.717, 1.165) is 18.0 Å². The van der Waals surface area contributed by atoms with Gasteiger partial charge in [-0.05, 0) is 38.5 Å². The van der Waals surface area contributed by atoms with Crippen molar-refractivity contribution >= 4 is 23.3 Å². The van der Waals surface area contributed by atoms with Crippen molar-refractivity contribution in [2.45, 2.75) is 38.7 Å². The quantitative estimate of drug-likeness (QED) is 0.860. The number of rotatable bonds is 3. The van der Waals surface area contributed by atoms with E-state index < -0.39 is 0 Å². The molecule has 3 nitrogen and oxygen atoms in total. The molecule has 2 heterocycles. The summed E-state index contributed by atoms with van der Waals surface area (Å²) >= 11 is 3.44. The number of ether oxygens (including phenoxy) is 1. The highest BCUT2D eigenvalue weighted by Crippen LogP contribution is 2.40. The van der Waals surface area contributed by atoms with Crippen LogP contribution in [0.5, 0.6) is 5.75 Å². The van der Waals surface area contributed by atoms with Crippen LogP contribution in [0.3, 0.4) is 0 Å². The van der Waals surface area contributed by atoms with Crippen molar-refractivity contribution < 1.29 is 4.74 Å². The molecule has 0 saturated carbocycles. The lowest BCUT2D eigenvalue weighted by Gasteiger charge is -2.19. The molecular formula is C15H18N2OS2. The average molecular weight is 306 g/mol. The molecule has 0 fully saturated rings. The van der Waals surface area contributed by atoms with E-state index in [1.54, 1.807) is 23.3 Å². The Morgan fingerprint density at radius 2 is 2.25 bits per heavy atom. The number of hydrogen-bond donors (Lipinski definition) is 1. The normalized spacial score (nSPS) is 13.6. The van der Waals surface area contributed by atoms with E-state index in [1.165, 1.54) is 16.0 Å². The first kappa shape index (κ1) is 13.9. The van der Waals surface area contributed by atoms with Gasteiger partial charge in [-0.1, -0.05) is 18.0 Å². The Balaban J connectivity index is 1.75. The van der Waals surface area contributed by atoms with Crippen LogP contribution in [0.4, 0.5) is 0 Å². The van der Waals surface area contributed by atoms with Crippen molar-refractivity contribution in [3.05, 3.63) is 35.0 Å². The van der Waals surface area contributed by atoms with Crippen LogP contribution in [0.1, 0.15) is 32.0 Å². The first-order valence-corrected chi connectivity index (χ1v) is 8.32. The number of nitrogens with one attached hydrogen (secondary N) is 1. The predicted molar refractivity (Wildman–Crippen MR) is 86.1 cm³/mol. The third-order valence-electron chi connectivity index (χ3n) is 2.95. The van der Waals surface area contributed by atoms with E-state index in [4.69, 9.17) is 4.74 Å². The van der Waals surface area contributed by atoms with Crippen LogP contribution in [-0.4, -0.2) is 9.73 Å². The molecule has 1 aromatic carbocycles. The monoisotopic (exact) mass is 306 g/mol. The summed E-state index contributed by atoms with van der Waals surface area (Å²) in [7, 11) is 0. The van der Waals surface area contributed by atoms with E-state index in [2.05, 4.69) is 48.7 Å². The molecule has 0 spiro atoms. The molecule has 1 N–H and O–H groups in total. The Morgan fingerprint density at radius 3 is 3.05 bits per heavy atom. The zero-order valence-electron chi connectivity index (χ0n) is 11.9. The van der Waals surface area contributed by atoms with Gasteiger partial charge in [0.2, 0.25) is 0 Å². The topological polar surface area (TPSA) is 34.1 Å². The van der Waals surface area contributed by atoms with Gasteiger partial charge in [-0.2, -0.15) is 0 Å². The molecule has 0 radical (unpaired) electrons. The molecule has 5 heteroatoms. The molecule has 2 aromatic rings. The van der Waals surface area contributed by atoms with E-state index in [9.17, 15) is 0 Å². The maximum Gasteiger partial charge on any atom is 0.132 e. The van der Waals surface area contributed by atoms with Gasteiger partial charge < -0.3 is 4.74 Å². The summed E-state index contributed by atoms with van der Waals surface area (Å²) in [6, 6.07) is 6.44. The standard InChI is InChI=1S/C15H18N2OS2/c1-15(2,3)20-17-7-10-4-5-11-13(6-10)18-8-12-14(11)19-9-16-12/h4-6,9,17H,7-8H2,1-3H3. The Hall–Kier alpha value is -1.04. The maximum atomic E-state index is 5.81. The highest BCUT2D eigenvalue weighted by molar-refractivity contribution is 7.98. The summed E-state index contributed by atoms with van der Waals surface area (Å²) in [6.45, 7) is 8.03. The molecule has 0 aliphatic carbocycles. The van der Waals surface area contributed by atoms with Gasteiger partial charge in [0.15, 0.2) is 0 Å². The van der Waals surface area contributed by atoms with Gasteiger partial charge in [-0.25, -0.2) is 4.98 Å². The molecular weight excluding hydrogens is 288 g/mol. The second-order valence-electron chi connectivity index (χ2n) is 5.78. The molecule has 1 aliphatic rings. The number of fused-ring (bicyclic) bond motifs is 3. The predicted octanol–water partition coefficient (Wildman–Crippen LogP) is 4.24. The molecule has 3 rings (SSSR count). The maximum absolute atomic E-state index is 5.81. The fraction of sp³-hybridized carbons (Fsp3) is 0.400. The summed E-state index contributed by atoms with van der Waals surface area (Å²) in [5.74, 6) is 0.974. The van der Waals surface area contributed by atoms with Gasteiger partial charge in [0.1, 0.15) is 12.4 Å². The van der Waals surface area contributed by atoms with Gasteiger partial charge in [-0.3, -0.25) is 4.72 Å². The number of thiazole rings is 1. The van der Waals surface area contributed by atoms with Crippen LogP contribution >= 0.6 is 23.3 Å². The molecule has 0 bridgehead atoms. The minimum Gasteiger partial charge on any atom is -0.487 e. The number of nitrogens with zero attached hydrogens (tertiary/aromatic N) is 1. The summed E-state index contributed by atoms with van der Waals surface area (Å²) in [5.41, 5.74) is 5.35. The second kappa shape index (κ2) is 5.39. The average Bonchev–Trinajstić information content (AvgIpc) is 2.85.